The molecular weight excluding hydrogens is 476 g/mol. The fraction of sp³-hybridized carbons (Fsp3) is 0.583. The molecule has 0 unspecified atom stereocenters. The van der Waals surface area contributed by atoms with Crippen LogP contribution in [0.15, 0.2) is 60.3 Å². The third-order valence-corrected chi connectivity index (χ3v) is 5.16. The predicted octanol–water partition coefficient (Wildman–Crippen LogP) is 8.07. The van der Waals surface area contributed by atoms with E-state index in [0.717, 1.165) is 13.1 Å². The molecule has 2 rings (SSSR count). The van der Waals surface area contributed by atoms with Gasteiger partial charge in [0.2, 0.25) is 0 Å². The van der Waals surface area contributed by atoms with Crippen LogP contribution < -0.4 is 0 Å². The highest BCUT2D eigenvalue weighted by molar-refractivity contribution is 8.93. The molecule has 0 saturated heterocycles. The van der Waals surface area contributed by atoms with Crippen molar-refractivity contribution in [2.24, 2.45) is 0 Å². The maximum Gasteiger partial charge on any atom is 0.0219 e. The summed E-state index contributed by atoms with van der Waals surface area (Å²) in [5.74, 6) is 0. The van der Waals surface area contributed by atoms with Gasteiger partial charge in [-0.1, -0.05) is 65.2 Å². The molecule has 0 aromatic rings. The van der Waals surface area contributed by atoms with E-state index in [4.69, 9.17) is 0 Å². The van der Waals surface area contributed by atoms with Crippen LogP contribution in [0, 0.1) is 0 Å². The predicted molar refractivity (Wildman–Crippen MR) is 135 cm³/mol. The Balaban J connectivity index is 0.00000364. The summed E-state index contributed by atoms with van der Waals surface area (Å²) in [5, 5.41) is 0. The van der Waals surface area contributed by atoms with Gasteiger partial charge in [0.05, 0.1) is 0 Å². The standard InChI is InChI=1S/C24H38N2.2BrH/c1-3-5-7-9-11-17-25-19-13-23(14-20-25)24-15-21-26(22-16-24)18-12-10-8-6-4-2;;/h13-16,19-22H,3-12,17-18H2,1-2H3;2*1H. The number of hydrogen-bond acceptors (Lipinski definition) is 2. The Morgan fingerprint density at radius 1 is 0.500 bits per heavy atom. The number of halogens is 2. The number of rotatable bonds is 12. The zero-order chi connectivity index (χ0) is 18.5. The molecule has 0 aromatic carbocycles. The molecule has 28 heavy (non-hydrogen) atoms. The molecule has 0 N–H and O–H groups in total. The third-order valence-electron chi connectivity index (χ3n) is 5.16. The van der Waals surface area contributed by atoms with Crippen LogP contribution in [0.5, 0.6) is 0 Å². The van der Waals surface area contributed by atoms with Gasteiger partial charge in [-0.15, -0.1) is 34.0 Å². The van der Waals surface area contributed by atoms with Gasteiger partial charge in [-0.25, -0.2) is 0 Å². The zero-order valence-corrected chi connectivity index (χ0v) is 21.2. The zero-order valence-electron chi connectivity index (χ0n) is 17.8. The highest BCUT2D eigenvalue weighted by Gasteiger charge is 2.06. The fourth-order valence-electron chi connectivity index (χ4n) is 3.39. The quantitative estimate of drug-likeness (QED) is 0.242. The van der Waals surface area contributed by atoms with Gasteiger partial charge in [0.15, 0.2) is 0 Å². The second-order valence-corrected chi connectivity index (χ2v) is 7.48. The number of allylic oxidation sites excluding steroid dienone is 6. The van der Waals surface area contributed by atoms with E-state index in [1.165, 1.54) is 75.4 Å². The minimum Gasteiger partial charge on any atom is -0.354 e. The lowest BCUT2D eigenvalue weighted by atomic mass is 10.0. The van der Waals surface area contributed by atoms with Crippen LogP contribution >= 0.6 is 34.0 Å². The van der Waals surface area contributed by atoms with E-state index in [0.29, 0.717) is 0 Å². The smallest absolute Gasteiger partial charge is 0.0219 e. The average Bonchev–Trinajstić information content (AvgIpc) is 2.69. The third kappa shape index (κ3) is 10.7. The second-order valence-electron chi connectivity index (χ2n) is 7.48. The molecule has 0 amide bonds. The van der Waals surface area contributed by atoms with E-state index in [9.17, 15) is 0 Å². The van der Waals surface area contributed by atoms with Crippen molar-refractivity contribution in [3.8, 4) is 0 Å². The van der Waals surface area contributed by atoms with Gasteiger partial charge < -0.3 is 9.80 Å². The molecule has 0 aromatic heterocycles. The topological polar surface area (TPSA) is 6.48 Å². The summed E-state index contributed by atoms with van der Waals surface area (Å²) in [6.07, 6.45) is 31.3. The van der Waals surface area contributed by atoms with Gasteiger partial charge in [0.25, 0.3) is 0 Å². The van der Waals surface area contributed by atoms with Crippen LogP contribution in [0.25, 0.3) is 0 Å². The lowest BCUT2D eigenvalue weighted by Gasteiger charge is -2.22. The van der Waals surface area contributed by atoms with E-state index >= 15 is 0 Å². The molecule has 0 aliphatic carbocycles. The minimum absolute atomic E-state index is 0. The largest absolute Gasteiger partial charge is 0.354 e. The summed E-state index contributed by atoms with van der Waals surface area (Å²) in [5.41, 5.74) is 2.62. The van der Waals surface area contributed by atoms with E-state index in [2.05, 4.69) is 72.8 Å². The van der Waals surface area contributed by atoms with Gasteiger partial charge in [-0.05, 0) is 48.3 Å². The van der Waals surface area contributed by atoms with E-state index in [-0.39, 0.29) is 34.0 Å². The summed E-state index contributed by atoms with van der Waals surface area (Å²) >= 11 is 0. The molecule has 0 fully saturated rings. The van der Waals surface area contributed by atoms with Gasteiger partial charge in [0.1, 0.15) is 0 Å². The average molecular weight is 516 g/mol. The fourth-order valence-corrected chi connectivity index (χ4v) is 3.39. The Labute approximate surface area is 194 Å². The molecular formula is C24H40Br2N2. The Bertz CT molecular complexity index is 467. The van der Waals surface area contributed by atoms with Crippen molar-refractivity contribution in [2.45, 2.75) is 78.1 Å². The highest BCUT2D eigenvalue weighted by atomic mass is 79.9. The van der Waals surface area contributed by atoms with Crippen molar-refractivity contribution in [3.05, 3.63) is 60.3 Å². The Morgan fingerprint density at radius 3 is 1.14 bits per heavy atom. The summed E-state index contributed by atoms with van der Waals surface area (Å²) in [4.78, 5) is 4.63. The first kappa shape index (κ1) is 27.3. The van der Waals surface area contributed by atoms with Gasteiger partial charge in [-0.2, -0.15) is 0 Å². The first-order valence-corrected chi connectivity index (χ1v) is 10.8. The van der Waals surface area contributed by atoms with Gasteiger partial charge in [-0.3, -0.25) is 0 Å². The Hall–Kier alpha value is -0.740. The van der Waals surface area contributed by atoms with Crippen molar-refractivity contribution in [1.82, 2.24) is 9.80 Å². The first-order valence-electron chi connectivity index (χ1n) is 10.8. The molecule has 0 bridgehead atoms. The summed E-state index contributed by atoms with van der Waals surface area (Å²) in [6, 6.07) is 0. The van der Waals surface area contributed by atoms with Crippen LogP contribution in [0.3, 0.4) is 0 Å². The Morgan fingerprint density at radius 2 is 0.821 bits per heavy atom. The number of hydrogen-bond donors (Lipinski definition) is 0. The molecule has 160 valence electrons. The molecule has 2 nitrogen and oxygen atoms in total. The van der Waals surface area contributed by atoms with E-state index in [1.807, 2.05) is 0 Å². The molecule has 2 heterocycles. The van der Waals surface area contributed by atoms with Gasteiger partial charge >= 0.3 is 0 Å². The van der Waals surface area contributed by atoms with Crippen molar-refractivity contribution in [1.29, 1.82) is 0 Å². The number of unbranched alkanes of at least 4 members (excludes halogenated alkanes) is 8. The van der Waals surface area contributed by atoms with Crippen molar-refractivity contribution >= 4 is 34.0 Å². The molecule has 2 aliphatic heterocycles. The van der Waals surface area contributed by atoms with Crippen LogP contribution in [0.4, 0.5) is 0 Å². The first-order chi connectivity index (χ1) is 12.8. The van der Waals surface area contributed by atoms with Crippen LogP contribution in [-0.4, -0.2) is 22.9 Å². The van der Waals surface area contributed by atoms with Gasteiger partial charge in [0, 0.05) is 37.9 Å². The molecule has 0 saturated carbocycles. The summed E-state index contributed by atoms with van der Waals surface area (Å²) in [7, 11) is 0. The van der Waals surface area contributed by atoms with Crippen molar-refractivity contribution < 1.29 is 0 Å². The van der Waals surface area contributed by atoms with Crippen molar-refractivity contribution in [2.75, 3.05) is 13.1 Å². The van der Waals surface area contributed by atoms with Crippen molar-refractivity contribution in [3.63, 3.8) is 0 Å². The minimum atomic E-state index is 0. The van der Waals surface area contributed by atoms with E-state index in [1.54, 1.807) is 0 Å². The molecule has 0 radical (unpaired) electrons. The maximum atomic E-state index is 2.31. The van der Waals surface area contributed by atoms with Crippen LogP contribution in [-0.2, 0) is 0 Å². The summed E-state index contributed by atoms with van der Waals surface area (Å²) in [6.45, 7) is 6.81. The second kappa shape index (κ2) is 17.1. The maximum absolute atomic E-state index is 2.31. The van der Waals surface area contributed by atoms with Crippen LogP contribution in [0.1, 0.15) is 78.1 Å². The monoisotopic (exact) mass is 514 g/mol. The number of nitrogens with zero attached hydrogens (tertiary/aromatic N) is 2. The lowest BCUT2D eigenvalue weighted by Crippen LogP contribution is -2.15. The lowest BCUT2D eigenvalue weighted by molar-refractivity contribution is 0.464. The SMILES string of the molecule is Br.Br.CCCCCCCN1C=CC(=C2C=CN(CCCCCCC)C=C2)C=C1. The molecule has 4 heteroatoms. The molecule has 2 aliphatic rings. The highest BCUT2D eigenvalue weighted by Crippen LogP contribution is 2.20. The summed E-state index contributed by atoms with van der Waals surface area (Å²) < 4.78 is 0. The normalized spacial score (nSPS) is 15.1. The van der Waals surface area contributed by atoms with E-state index < -0.39 is 0 Å². The molecule has 0 spiro atoms. The Kier molecular flexibility index (Phi) is 16.7. The molecule has 0 atom stereocenters. The van der Waals surface area contributed by atoms with Crippen LogP contribution in [0.2, 0.25) is 0 Å².